The fourth-order valence-electron chi connectivity index (χ4n) is 1.27. The first-order valence-electron chi connectivity index (χ1n) is 4.11. The second-order valence-electron chi connectivity index (χ2n) is 2.78. The van der Waals surface area contributed by atoms with Crippen molar-refractivity contribution in [3.63, 3.8) is 0 Å². The molecular weight excluding hydrogens is 185 g/mol. The van der Waals surface area contributed by atoms with Crippen LogP contribution in [0.3, 0.4) is 0 Å². The van der Waals surface area contributed by atoms with Crippen molar-refractivity contribution in [1.29, 1.82) is 0 Å². The summed E-state index contributed by atoms with van der Waals surface area (Å²) < 4.78 is 0. The van der Waals surface area contributed by atoms with Crippen LogP contribution in [-0.4, -0.2) is 34.5 Å². The summed E-state index contributed by atoms with van der Waals surface area (Å²) in [5.41, 5.74) is 1.61. The molecule has 2 rings (SSSR count). The Morgan fingerprint density at radius 3 is 2.29 bits per heavy atom. The molecule has 1 aromatic heterocycles. The van der Waals surface area contributed by atoms with Crippen LogP contribution >= 0.6 is 0 Å². The zero-order chi connectivity index (χ0) is 9.10. The van der Waals surface area contributed by atoms with Gasteiger partial charge in [-0.05, 0) is 17.7 Å². The van der Waals surface area contributed by atoms with Crippen molar-refractivity contribution in [3.8, 4) is 11.1 Å². The molecular formula is C11H10NNaO. The molecule has 66 valence electrons. The van der Waals surface area contributed by atoms with Crippen molar-refractivity contribution in [2.45, 2.75) is 0 Å². The third-order valence-electron chi connectivity index (χ3n) is 1.90. The van der Waals surface area contributed by atoms with E-state index >= 15 is 0 Å². The van der Waals surface area contributed by atoms with E-state index in [9.17, 15) is 4.79 Å². The third kappa shape index (κ3) is 2.35. The van der Waals surface area contributed by atoms with E-state index in [1.165, 1.54) is 0 Å². The van der Waals surface area contributed by atoms with Crippen molar-refractivity contribution in [3.05, 3.63) is 59.0 Å². The minimum absolute atomic E-state index is 0. The maximum atomic E-state index is 11.4. The predicted molar refractivity (Wildman–Crippen MR) is 59.6 cm³/mol. The van der Waals surface area contributed by atoms with Gasteiger partial charge in [0.05, 0.1) is 0 Å². The molecule has 0 aliphatic rings. The van der Waals surface area contributed by atoms with Gasteiger partial charge >= 0.3 is 29.6 Å². The van der Waals surface area contributed by atoms with E-state index in [2.05, 4.69) is 4.98 Å². The zero-order valence-corrected chi connectivity index (χ0v) is 7.03. The Balaban J connectivity index is 0.000000980. The molecule has 1 heterocycles. The molecule has 0 radical (unpaired) electrons. The number of hydrogen-bond acceptors (Lipinski definition) is 1. The van der Waals surface area contributed by atoms with Crippen LogP contribution in [0.2, 0.25) is 0 Å². The van der Waals surface area contributed by atoms with Gasteiger partial charge in [-0.25, -0.2) is 0 Å². The molecule has 2 aromatic rings. The summed E-state index contributed by atoms with van der Waals surface area (Å²) in [4.78, 5) is 14.0. The Kier molecular flexibility index (Phi) is 4.14. The third-order valence-corrected chi connectivity index (χ3v) is 1.90. The summed E-state index contributed by atoms with van der Waals surface area (Å²) in [6, 6.07) is 13.2. The van der Waals surface area contributed by atoms with Gasteiger partial charge in [-0.2, -0.15) is 0 Å². The zero-order valence-electron chi connectivity index (χ0n) is 7.03. The van der Waals surface area contributed by atoms with Crippen LogP contribution in [0.5, 0.6) is 0 Å². The monoisotopic (exact) mass is 195 g/mol. The standard InChI is InChI=1S/C11H9NO.Na.H/c13-11-10(7-4-8-12-11)9-5-2-1-3-6-9;;/h1-8H,(H,12,13);;. The maximum absolute atomic E-state index is 11.4. The van der Waals surface area contributed by atoms with E-state index in [1.54, 1.807) is 6.20 Å². The predicted octanol–water partition coefficient (Wildman–Crippen LogP) is 1.39. The summed E-state index contributed by atoms with van der Waals surface area (Å²) in [5.74, 6) is 0. The number of pyridine rings is 1. The Morgan fingerprint density at radius 2 is 1.64 bits per heavy atom. The van der Waals surface area contributed by atoms with E-state index < -0.39 is 0 Å². The summed E-state index contributed by atoms with van der Waals surface area (Å²) in [5, 5.41) is 0. The van der Waals surface area contributed by atoms with E-state index in [0.717, 1.165) is 5.56 Å². The Labute approximate surface area is 104 Å². The Bertz CT molecular complexity index is 450. The molecule has 2 nitrogen and oxygen atoms in total. The molecule has 0 saturated heterocycles. The molecule has 0 fully saturated rings. The van der Waals surface area contributed by atoms with Gasteiger partial charge in [-0.3, -0.25) is 4.79 Å². The Hall–Kier alpha value is -0.830. The molecule has 0 aliphatic heterocycles. The molecule has 0 saturated carbocycles. The van der Waals surface area contributed by atoms with Crippen LogP contribution in [0.4, 0.5) is 0 Å². The quantitative estimate of drug-likeness (QED) is 0.685. The number of benzene rings is 1. The van der Waals surface area contributed by atoms with Gasteiger partial charge in [0, 0.05) is 11.8 Å². The van der Waals surface area contributed by atoms with Gasteiger partial charge in [0.2, 0.25) is 0 Å². The number of aromatic amines is 1. The van der Waals surface area contributed by atoms with Gasteiger partial charge in [-0.1, -0.05) is 30.3 Å². The first kappa shape index (κ1) is 11.2. The van der Waals surface area contributed by atoms with Crippen molar-refractivity contribution < 1.29 is 0 Å². The first-order valence-corrected chi connectivity index (χ1v) is 4.11. The average Bonchev–Trinajstić information content (AvgIpc) is 2.20. The van der Waals surface area contributed by atoms with E-state index in [4.69, 9.17) is 0 Å². The molecule has 0 atom stereocenters. The molecule has 0 unspecified atom stereocenters. The summed E-state index contributed by atoms with van der Waals surface area (Å²) >= 11 is 0. The fraction of sp³-hybridized carbons (Fsp3) is 0. The van der Waals surface area contributed by atoms with Crippen LogP contribution in [0, 0.1) is 0 Å². The summed E-state index contributed by atoms with van der Waals surface area (Å²) in [6.07, 6.45) is 1.63. The minimum atomic E-state index is -0.0475. The molecule has 0 spiro atoms. The average molecular weight is 195 g/mol. The SMILES string of the molecule is O=c1[nH]cccc1-c1ccccc1.[NaH]. The topological polar surface area (TPSA) is 32.9 Å². The normalized spacial score (nSPS) is 9.14. The van der Waals surface area contributed by atoms with Crippen LogP contribution in [0.25, 0.3) is 11.1 Å². The van der Waals surface area contributed by atoms with Crippen LogP contribution < -0.4 is 5.56 Å². The van der Waals surface area contributed by atoms with Crippen LogP contribution in [0.15, 0.2) is 53.5 Å². The van der Waals surface area contributed by atoms with Crippen molar-refractivity contribution in [1.82, 2.24) is 4.98 Å². The second-order valence-corrected chi connectivity index (χ2v) is 2.78. The van der Waals surface area contributed by atoms with Gasteiger partial charge in [0.15, 0.2) is 0 Å². The van der Waals surface area contributed by atoms with Crippen molar-refractivity contribution in [2.24, 2.45) is 0 Å². The van der Waals surface area contributed by atoms with E-state index in [-0.39, 0.29) is 35.1 Å². The Morgan fingerprint density at radius 1 is 0.929 bits per heavy atom. The van der Waals surface area contributed by atoms with Crippen LogP contribution in [0.1, 0.15) is 0 Å². The molecule has 0 bridgehead atoms. The van der Waals surface area contributed by atoms with Gasteiger partial charge in [0.25, 0.3) is 5.56 Å². The van der Waals surface area contributed by atoms with E-state index in [1.807, 2.05) is 42.5 Å². The summed E-state index contributed by atoms with van der Waals surface area (Å²) in [7, 11) is 0. The molecule has 1 N–H and O–H groups in total. The van der Waals surface area contributed by atoms with Crippen molar-refractivity contribution in [2.75, 3.05) is 0 Å². The number of hydrogen-bond donors (Lipinski definition) is 1. The fourth-order valence-corrected chi connectivity index (χ4v) is 1.27. The number of rotatable bonds is 1. The van der Waals surface area contributed by atoms with Gasteiger partial charge in [0.1, 0.15) is 0 Å². The van der Waals surface area contributed by atoms with Crippen molar-refractivity contribution >= 4 is 29.6 Å². The second kappa shape index (κ2) is 5.15. The molecule has 3 heteroatoms. The number of aromatic nitrogens is 1. The molecule has 0 aliphatic carbocycles. The number of H-pyrrole nitrogens is 1. The first-order chi connectivity index (χ1) is 6.38. The van der Waals surface area contributed by atoms with Crippen LogP contribution in [-0.2, 0) is 0 Å². The summed E-state index contributed by atoms with van der Waals surface area (Å²) in [6.45, 7) is 0. The van der Waals surface area contributed by atoms with Gasteiger partial charge in [-0.15, -0.1) is 0 Å². The molecule has 14 heavy (non-hydrogen) atoms. The van der Waals surface area contributed by atoms with Gasteiger partial charge < -0.3 is 4.98 Å². The molecule has 0 amide bonds. The molecule has 1 aromatic carbocycles. The van der Waals surface area contributed by atoms with E-state index in [0.29, 0.717) is 5.56 Å². The number of nitrogens with one attached hydrogen (secondary N) is 1.